The Kier molecular flexibility index (Phi) is 5.86. The number of carbonyl (C=O) groups is 2. The molecular formula is C22H23FN4O3S. The molecule has 1 fully saturated rings. The molecule has 0 radical (unpaired) electrons. The van der Waals surface area contributed by atoms with Crippen molar-refractivity contribution >= 4 is 39.1 Å². The Morgan fingerprint density at radius 1 is 1.29 bits per heavy atom. The van der Waals surface area contributed by atoms with E-state index in [-0.39, 0.29) is 34.6 Å². The Hall–Kier alpha value is -3.07. The van der Waals surface area contributed by atoms with Crippen LogP contribution in [0.3, 0.4) is 0 Å². The summed E-state index contributed by atoms with van der Waals surface area (Å²) in [6, 6.07) is 6.04. The lowest BCUT2D eigenvalue weighted by molar-refractivity contribution is -0.135. The van der Waals surface area contributed by atoms with Gasteiger partial charge in [-0.15, -0.1) is 11.3 Å². The van der Waals surface area contributed by atoms with Crippen molar-refractivity contribution in [3.63, 3.8) is 0 Å². The Morgan fingerprint density at radius 2 is 2.06 bits per heavy atom. The maximum atomic E-state index is 13.9. The average molecular weight is 443 g/mol. The van der Waals surface area contributed by atoms with Crippen LogP contribution < -0.4 is 10.9 Å². The molecule has 1 aliphatic heterocycles. The minimum Gasteiger partial charge on any atom is -0.338 e. The van der Waals surface area contributed by atoms with Crippen LogP contribution in [0.5, 0.6) is 0 Å². The first-order valence-corrected chi connectivity index (χ1v) is 11.0. The summed E-state index contributed by atoms with van der Waals surface area (Å²) >= 11 is 1.07. The molecule has 7 nitrogen and oxygen atoms in total. The minimum atomic E-state index is -0.541. The van der Waals surface area contributed by atoms with Gasteiger partial charge in [0, 0.05) is 12.6 Å². The molecule has 2 aromatic heterocycles. The fourth-order valence-corrected chi connectivity index (χ4v) is 4.97. The van der Waals surface area contributed by atoms with E-state index in [2.05, 4.69) is 10.3 Å². The number of carbonyl (C=O) groups excluding carboxylic acids is 2. The maximum absolute atomic E-state index is 13.9. The van der Waals surface area contributed by atoms with E-state index in [1.54, 1.807) is 13.0 Å². The Labute approximate surface area is 182 Å². The van der Waals surface area contributed by atoms with Crippen LogP contribution in [0, 0.1) is 12.7 Å². The van der Waals surface area contributed by atoms with Gasteiger partial charge in [0.05, 0.1) is 22.3 Å². The fourth-order valence-electron chi connectivity index (χ4n) is 3.94. The van der Waals surface area contributed by atoms with Gasteiger partial charge in [0.15, 0.2) is 0 Å². The van der Waals surface area contributed by atoms with E-state index >= 15 is 0 Å². The Balaban J connectivity index is 1.62. The summed E-state index contributed by atoms with van der Waals surface area (Å²) in [5.74, 6) is -1.16. The SMILES string of the molecule is Cc1c(C(=O)Nc2ccccc2F)sc2ncn(CC(=O)N3CCCC[C@H]3C)c(=O)c12. The lowest BCUT2D eigenvalue weighted by atomic mass is 10.0. The van der Waals surface area contributed by atoms with E-state index in [0.717, 1.165) is 30.6 Å². The zero-order valence-corrected chi connectivity index (χ0v) is 18.2. The normalized spacial score (nSPS) is 16.5. The zero-order valence-electron chi connectivity index (χ0n) is 17.4. The summed E-state index contributed by atoms with van der Waals surface area (Å²) in [5.41, 5.74) is 0.178. The van der Waals surface area contributed by atoms with Crippen molar-refractivity contribution in [3.8, 4) is 0 Å². The first-order chi connectivity index (χ1) is 14.9. The largest absolute Gasteiger partial charge is 0.338 e. The molecule has 2 amide bonds. The number of piperidine rings is 1. The van der Waals surface area contributed by atoms with Gasteiger partial charge < -0.3 is 10.2 Å². The molecule has 1 aromatic carbocycles. The van der Waals surface area contributed by atoms with Gasteiger partial charge >= 0.3 is 0 Å². The standard InChI is InChI=1S/C22H23FN4O3S/c1-13-7-5-6-10-27(13)17(28)11-26-12-24-21-18(22(26)30)14(2)19(31-21)20(29)25-16-9-4-3-8-15(16)23/h3-4,8-9,12-13H,5-7,10-11H2,1-2H3,(H,25,29)/t13-/m1/s1. The molecule has 31 heavy (non-hydrogen) atoms. The van der Waals surface area contributed by atoms with Crippen LogP contribution in [0.1, 0.15) is 41.4 Å². The summed E-state index contributed by atoms with van der Waals surface area (Å²) in [6.45, 7) is 4.29. The molecule has 0 aliphatic carbocycles. The lowest BCUT2D eigenvalue weighted by Gasteiger charge is -2.33. The average Bonchev–Trinajstić information content (AvgIpc) is 3.09. The number of para-hydroxylation sites is 1. The second-order valence-corrected chi connectivity index (χ2v) is 8.78. The molecule has 3 aromatic rings. The van der Waals surface area contributed by atoms with Crippen molar-refractivity contribution < 1.29 is 14.0 Å². The highest BCUT2D eigenvalue weighted by molar-refractivity contribution is 7.20. The van der Waals surface area contributed by atoms with Crippen molar-refractivity contribution in [1.82, 2.24) is 14.5 Å². The van der Waals surface area contributed by atoms with Crippen LogP contribution in [0.25, 0.3) is 10.2 Å². The molecule has 0 unspecified atom stereocenters. The number of rotatable bonds is 4. The number of likely N-dealkylation sites (tertiary alicyclic amines) is 1. The third kappa shape index (κ3) is 4.10. The number of fused-ring (bicyclic) bond motifs is 1. The van der Waals surface area contributed by atoms with Crippen molar-refractivity contribution in [3.05, 3.63) is 57.2 Å². The number of thiophene rings is 1. The van der Waals surface area contributed by atoms with Crippen LogP contribution in [-0.4, -0.2) is 38.9 Å². The van der Waals surface area contributed by atoms with Crippen LogP contribution in [0.4, 0.5) is 10.1 Å². The quantitative estimate of drug-likeness (QED) is 0.670. The molecule has 1 atom stereocenters. The molecular weight excluding hydrogens is 419 g/mol. The molecule has 9 heteroatoms. The number of aromatic nitrogens is 2. The minimum absolute atomic E-state index is 0.0657. The van der Waals surface area contributed by atoms with Gasteiger partial charge in [0.25, 0.3) is 11.5 Å². The van der Waals surface area contributed by atoms with Crippen LogP contribution in [0.2, 0.25) is 0 Å². The van der Waals surface area contributed by atoms with Gasteiger partial charge in [-0.1, -0.05) is 12.1 Å². The Morgan fingerprint density at radius 3 is 2.81 bits per heavy atom. The molecule has 1 saturated heterocycles. The van der Waals surface area contributed by atoms with Crippen molar-refractivity contribution in [2.75, 3.05) is 11.9 Å². The number of benzene rings is 1. The van der Waals surface area contributed by atoms with Gasteiger partial charge in [-0.25, -0.2) is 9.37 Å². The summed E-state index contributed by atoms with van der Waals surface area (Å²) < 4.78 is 15.2. The summed E-state index contributed by atoms with van der Waals surface area (Å²) in [4.78, 5) is 45.3. The van der Waals surface area contributed by atoms with Gasteiger partial charge in [-0.2, -0.15) is 0 Å². The van der Waals surface area contributed by atoms with E-state index < -0.39 is 11.7 Å². The van der Waals surface area contributed by atoms with Crippen LogP contribution in [-0.2, 0) is 11.3 Å². The highest BCUT2D eigenvalue weighted by atomic mass is 32.1. The summed E-state index contributed by atoms with van der Waals surface area (Å²) in [7, 11) is 0. The van der Waals surface area contributed by atoms with Crippen molar-refractivity contribution in [2.24, 2.45) is 0 Å². The number of anilines is 1. The van der Waals surface area contributed by atoms with Crippen molar-refractivity contribution in [2.45, 2.75) is 45.7 Å². The number of nitrogens with zero attached hydrogens (tertiary/aromatic N) is 3. The van der Waals surface area contributed by atoms with E-state index in [4.69, 9.17) is 0 Å². The molecule has 0 bridgehead atoms. The topological polar surface area (TPSA) is 84.3 Å². The molecule has 0 spiro atoms. The van der Waals surface area contributed by atoms with E-state index in [9.17, 15) is 18.8 Å². The number of hydrogen-bond acceptors (Lipinski definition) is 5. The van der Waals surface area contributed by atoms with Crippen LogP contribution >= 0.6 is 11.3 Å². The maximum Gasteiger partial charge on any atom is 0.266 e. The molecule has 1 aliphatic rings. The first kappa shape index (κ1) is 21.2. The lowest BCUT2D eigenvalue weighted by Crippen LogP contribution is -2.44. The predicted octanol–water partition coefficient (Wildman–Crippen LogP) is 3.56. The summed E-state index contributed by atoms with van der Waals surface area (Å²) in [6.07, 6.45) is 4.38. The van der Waals surface area contributed by atoms with E-state index in [1.807, 2.05) is 11.8 Å². The van der Waals surface area contributed by atoms with Crippen LogP contribution in [0.15, 0.2) is 35.4 Å². The first-order valence-electron chi connectivity index (χ1n) is 10.2. The van der Waals surface area contributed by atoms with Crippen molar-refractivity contribution in [1.29, 1.82) is 0 Å². The molecule has 0 saturated carbocycles. The number of aryl methyl sites for hydroxylation is 1. The van der Waals surface area contributed by atoms with E-state index in [1.165, 1.54) is 29.1 Å². The predicted molar refractivity (Wildman–Crippen MR) is 118 cm³/mol. The van der Waals surface area contributed by atoms with Gasteiger partial charge in [-0.05, 0) is 50.8 Å². The molecule has 162 valence electrons. The molecule has 4 rings (SSSR count). The number of halogens is 1. The number of nitrogens with one attached hydrogen (secondary N) is 1. The third-order valence-electron chi connectivity index (χ3n) is 5.67. The molecule has 3 heterocycles. The highest BCUT2D eigenvalue weighted by Gasteiger charge is 2.25. The van der Waals surface area contributed by atoms with Gasteiger partial charge in [0.1, 0.15) is 17.2 Å². The van der Waals surface area contributed by atoms with Gasteiger partial charge in [0.2, 0.25) is 5.91 Å². The highest BCUT2D eigenvalue weighted by Crippen LogP contribution is 2.28. The second-order valence-electron chi connectivity index (χ2n) is 7.78. The zero-order chi connectivity index (χ0) is 22.1. The molecule has 1 N–H and O–H groups in total. The third-order valence-corrected chi connectivity index (χ3v) is 6.87. The smallest absolute Gasteiger partial charge is 0.266 e. The fraction of sp³-hybridized carbons (Fsp3) is 0.364. The Bertz CT molecular complexity index is 1220. The monoisotopic (exact) mass is 442 g/mol. The number of amides is 2. The van der Waals surface area contributed by atoms with E-state index in [0.29, 0.717) is 22.3 Å². The number of hydrogen-bond donors (Lipinski definition) is 1. The summed E-state index contributed by atoms with van der Waals surface area (Å²) in [5, 5.41) is 2.85. The van der Waals surface area contributed by atoms with Gasteiger partial charge in [-0.3, -0.25) is 19.0 Å². The second kappa shape index (κ2) is 8.58.